The lowest BCUT2D eigenvalue weighted by atomic mass is 9.81. The monoisotopic (exact) mass is 806 g/mol. The van der Waals surface area contributed by atoms with Crippen molar-refractivity contribution in [2.24, 2.45) is 0 Å². The minimum Gasteiger partial charge on any atom is -0.314 e. The molecule has 6 aromatic rings. The zero-order chi connectivity index (χ0) is 41.6. The first-order valence-corrected chi connectivity index (χ1v) is 22.5. The van der Waals surface area contributed by atoms with E-state index in [0.717, 1.165) is 19.3 Å². The van der Waals surface area contributed by atoms with Gasteiger partial charge in [-0.15, -0.1) is 0 Å². The number of para-hydroxylation sites is 2. The van der Waals surface area contributed by atoms with Gasteiger partial charge >= 0.3 is 0 Å². The fraction of sp³-hybridized carbons (Fsp3) is 0.172. The molecule has 61 heavy (non-hydrogen) atoms. The third kappa shape index (κ3) is 5.92. The number of allylic oxidation sites excluding steroid dienone is 8. The van der Waals surface area contributed by atoms with Gasteiger partial charge in [0, 0.05) is 43.4 Å². The Morgan fingerprint density at radius 3 is 1.66 bits per heavy atom. The van der Waals surface area contributed by atoms with Crippen molar-refractivity contribution in [3.05, 3.63) is 214 Å². The van der Waals surface area contributed by atoms with Gasteiger partial charge in [-0.2, -0.15) is 0 Å². The molecular weight excluding hydrogens is 757 g/mol. The topological polar surface area (TPSA) is 6.48 Å². The first-order valence-electron chi connectivity index (χ1n) is 21.7. The smallest absolute Gasteiger partial charge is 0.0601 e. The summed E-state index contributed by atoms with van der Waals surface area (Å²) >= 11 is 1.86. The molecule has 298 valence electrons. The lowest BCUT2D eigenvalue weighted by molar-refractivity contribution is 0.660. The molecular formula is C58H50N2S. The maximum atomic E-state index is 3.97. The van der Waals surface area contributed by atoms with E-state index in [4.69, 9.17) is 0 Å². The summed E-state index contributed by atoms with van der Waals surface area (Å²) in [5, 5.41) is 0. The van der Waals surface area contributed by atoms with Crippen LogP contribution in [0.25, 0.3) is 34.4 Å². The summed E-state index contributed by atoms with van der Waals surface area (Å²) in [7, 11) is 0. The third-order valence-corrected chi connectivity index (χ3v) is 14.9. The number of nitrogens with zero attached hydrogens (tertiary/aromatic N) is 2. The molecule has 0 saturated carbocycles. The second-order valence-electron chi connectivity index (χ2n) is 18.2. The quantitative estimate of drug-likeness (QED) is 0.122. The summed E-state index contributed by atoms with van der Waals surface area (Å²) in [5.41, 5.74) is 23.5. The Labute approximate surface area is 365 Å². The number of anilines is 4. The van der Waals surface area contributed by atoms with E-state index in [1.165, 1.54) is 111 Å². The molecule has 0 atom stereocenters. The summed E-state index contributed by atoms with van der Waals surface area (Å²) < 4.78 is 0. The number of rotatable bonds is 6. The van der Waals surface area contributed by atoms with Crippen LogP contribution < -0.4 is 9.80 Å². The highest BCUT2D eigenvalue weighted by Crippen LogP contribution is 2.55. The Morgan fingerprint density at radius 2 is 1.10 bits per heavy atom. The Balaban J connectivity index is 0.888. The van der Waals surface area contributed by atoms with Gasteiger partial charge in [-0.1, -0.05) is 155 Å². The van der Waals surface area contributed by atoms with Crippen LogP contribution >= 0.6 is 11.8 Å². The summed E-state index contributed by atoms with van der Waals surface area (Å²) in [6, 6.07) is 45.9. The van der Waals surface area contributed by atoms with Gasteiger partial charge in [0.15, 0.2) is 0 Å². The van der Waals surface area contributed by atoms with Crippen LogP contribution in [0.15, 0.2) is 191 Å². The van der Waals surface area contributed by atoms with Gasteiger partial charge < -0.3 is 9.80 Å². The molecule has 2 nitrogen and oxygen atoms in total. The van der Waals surface area contributed by atoms with E-state index in [1.54, 1.807) is 0 Å². The van der Waals surface area contributed by atoms with Gasteiger partial charge in [0.05, 0.1) is 11.4 Å². The molecule has 0 aromatic heterocycles. The van der Waals surface area contributed by atoms with Crippen LogP contribution in [0, 0.1) is 0 Å². The molecule has 0 radical (unpaired) electrons. The van der Waals surface area contributed by atoms with Crippen LogP contribution in [-0.4, -0.2) is 0 Å². The molecule has 3 heteroatoms. The molecule has 2 heterocycles. The van der Waals surface area contributed by atoms with Crippen molar-refractivity contribution < 1.29 is 0 Å². The number of hydrogen-bond acceptors (Lipinski definition) is 3. The van der Waals surface area contributed by atoms with Gasteiger partial charge in [0.2, 0.25) is 0 Å². The minimum absolute atomic E-state index is 0.140. The predicted octanol–water partition coefficient (Wildman–Crippen LogP) is 16.2. The van der Waals surface area contributed by atoms with Crippen molar-refractivity contribution in [3.8, 4) is 22.3 Å². The molecule has 6 aromatic carbocycles. The Hall–Kier alpha value is -6.29. The molecule has 11 rings (SSSR count). The summed E-state index contributed by atoms with van der Waals surface area (Å²) in [6.45, 7) is 15.8. The van der Waals surface area contributed by atoms with Gasteiger partial charge in [0.1, 0.15) is 0 Å². The van der Waals surface area contributed by atoms with Crippen molar-refractivity contribution in [2.45, 2.75) is 74.5 Å². The van der Waals surface area contributed by atoms with Crippen LogP contribution in [0.3, 0.4) is 0 Å². The zero-order valence-electron chi connectivity index (χ0n) is 35.7. The Bertz CT molecular complexity index is 2970. The average Bonchev–Trinajstić information content (AvgIpc) is 3.64. The fourth-order valence-corrected chi connectivity index (χ4v) is 11.7. The highest BCUT2D eigenvalue weighted by atomic mass is 32.2. The predicted molar refractivity (Wildman–Crippen MR) is 260 cm³/mol. The molecule has 3 aliphatic carbocycles. The van der Waals surface area contributed by atoms with Crippen LogP contribution in [0.5, 0.6) is 0 Å². The lowest BCUT2D eigenvalue weighted by Gasteiger charge is -2.37. The Morgan fingerprint density at radius 1 is 0.590 bits per heavy atom. The van der Waals surface area contributed by atoms with Gasteiger partial charge in [0.25, 0.3) is 0 Å². The number of hydrogen-bond donors (Lipinski definition) is 0. The normalized spacial score (nSPS) is 17.6. The standard InChI is InChI=1S/C58H50N2S/c1-7-8-16-51-37(2)32-40-15-9-10-17-52(40)59(51)41-26-30-45-43-28-24-38(33-47(43)57(3,4)49(45)35-41)22-23-39-25-29-44-46-31-27-42(36-50(46)58(5,6)48(44)34-39)60-53-18-11-13-20-55(53)61-56-21-14-12-19-54(56)60/h7-9,11-16,18-31,33-36H,1,10,17,32H2,2-6H3/b16-8-,23-22+. The van der Waals surface area contributed by atoms with E-state index in [9.17, 15) is 0 Å². The molecule has 0 spiro atoms. The van der Waals surface area contributed by atoms with E-state index in [0.29, 0.717) is 0 Å². The second-order valence-corrected chi connectivity index (χ2v) is 19.3. The highest BCUT2D eigenvalue weighted by molar-refractivity contribution is 7.99. The van der Waals surface area contributed by atoms with Gasteiger partial charge in [-0.3, -0.25) is 0 Å². The average molecular weight is 807 g/mol. The molecule has 0 fully saturated rings. The van der Waals surface area contributed by atoms with E-state index < -0.39 is 0 Å². The summed E-state index contributed by atoms with van der Waals surface area (Å²) in [5.74, 6) is 0. The number of benzene rings is 6. The van der Waals surface area contributed by atoms with Crippen molar-refractivity contribution >= 4 is 46.7 Å². The van der Waals surface area contributed by atoms with Crippen LogP contribution in [0.4, 0.5) is 22.7 Å². The SMILES string of the molecule is C=C/C=C\C1=C(C)CC2=C(CCC=C2)N1c1ccc2c(c1)C(C)(C)c1cc(/C=C/c3ccc4c(c3)C(C)(C)c3cc(N5c6ccccc6Sc6ccccc65)ccc3-4)ccc1-2. The minimum atomic E-state index is -0.145. The Kier molecular flexibility index (Phi) is 8.74. The van der Waals surface area contributed by atoms with E-state index in [1.807, 2.05) is 17.8 Å². The highest BCUT2D eigenvalue weighted by Gasteiger charge is 2.38. The van der Waals surface area contributed by atoms with Crippen LogP contribution in [0.1, 0.15) is 87.3 Å². The molecule has 2 aliphatic heterocycles. The molecule has 0 N–H and O–H groups in total. The van der Waals surface area contributed by atoms with E-state index in [2.05, 4.69) is 209 Å². The lowest BCUT2D eigenvalue weighted by Crippen LogP contribution is -2.28. The molecule has 5 aliphatic rings. The molecule has 0 bridgehead atoms. The second kappa shape index (κ2) is 14.1. The van der Waals surface area contributed by atoms with Crippen molar-refractivity contribution in [1.82, 2.24) is 0 Å². The van der Waals surface area contributed by atoms with E-state index >= 15 is 0 Å². The van der Waals surface area contributed by atoms with E-state index in [-0.39, 0.29) is 10.8 Å². The maximum Gasteiger partial charge on any atom is 0.0601 e. The summed E-state index contributed by atoms with van der Waals surface area (Å²) in [4.78, 5) is 7.53. The summed E-state index contributed by atoms with van der Waals surface area (Å²) in [6.07, 6.45) is 18.6. The first kappa shape index (κ1) is 37.7. The first-order chi connectivity index (χ1) is 29.6. The number of fused-ring (bicyclic) bond motifs is 8. The molecule has 0 amide bonds. The van der Waals surface area contributed by atoms with Gasteiger partial charge in [-0.25, -0.2) is 0 Å². The van der Waals surface area contributed by atoms with Crippen molar-refractivity contribution in [1.29, 1.82) is 0 Å². The fourth-order valence-electron chi connectivity index (χ4n) is 10.6. The van der Waals surface area contributed by atoms with Crippen LogP contribution in [0.2, 0.25) is 0 Å². The van der Waals surface area contributed by atoms with Crippen molar-refractivity contribution in [2.75, 3.05) is 9.80 Å². The molecule has 0 saturated heterocycles. The van der Waals surface area contributed by atoms with Crippen LogP contribution in [-0.2, 0) is 10.8 Å². The maximum absolute atomic E-state index is 3.97. The molecule has 0 unspecified atom stereocenters. The van der Waals surface area contributed by atoms with Crippen molar-refractivity contribution in [3.63, 3.8) is 0 Å². The van der Waals surface area contributed by atoms with Gasteiger partial charge in [-0.05, 0) is 148 Å². The largest absolute Gasteiger partial charge is 0.314 e. The third-order valence-electron chi connectivity index (χ3n) is 13.8. The zero-order valence-corrected chi connectivity index (χ0v) is 36.5.